The molecule has 0 unspecified atom stereocenters. The van der Waals surface area contributed by atoms with Crippen molar-refractivity contribution in [2.75, 3.05) is 13.2 Å². The zero-order valence-electron chi connectivity index (χ0n) is 13.5. The number of hydrogen-bond donors (Lipinski definition) is 0. The van der Waals surface area contributed by atoms with Crippen LogP contribution in [0.15, 0.2) is 18.3 Å². The summed E-state index contributed by atoms with van der Waals surface area (Å²) < 4.78 is 10.3. The van der Waals surface area contributed by atoms with Crippen LogP contribution in [0.2, 0.25) is 0 Å². The van der Waals surface area contributed by atoms with Crippen molar-refractivity contribution in [3.05, 3.63) is 29.6 Å². The van der Waals surface area contributed by atoms with Gasteiger partial charge in [0, 0.05) is 6.20 Å². The normalized spacial score (nSPS) is 10.3. The Bertz CT molecular complexity index is 434. The molecule has 0 saturated heterocycles. The van der Waals surface area contributed by atoms with Gasteiger partial charge in [-0.15, -0.1) is 0 Å². The first-order chi connectivity index (χ1) is 10.7. The van der Waals surface area contributed by atoms with E-state index in [1.165, 1.54) is 18.3 Å². The summed E-state index contributed by atoms with van der Waals surface area (Å²) in [5, 5.41) is 0. The van der Waals surface area contributed by atoms with Crippen LogP contribution in [0.25, 0.3) is 0 Å². The lowest BCUT2D eigenvalue weighted by atomic mass is 10.2. The third kappa shape index (κ3) is 6.70. The van der Waals surface area contributed by atoms with E-state index in [4.69, 9.17) is 9.47 Å². The average molecular weight is 307 g/mol. The molecule has 1 aromatic heterocycles. The zero-order chi connectivity index (χ0) is 16.2. The maximum Gasteiger partial charge on any atom is 0.356 e. The van der Waals surface area contributed by atoms with Gasteiger partial charge in [0.2, 0.25) is 0 Å². The minimum atomic E-state index is -0.503. The summed E-state index contributed by atoms with van der Waals surface area (Å²) in [5.41, 5.74) is 0.464. The minimum absolute atomic E-state index is 0.138. The van der Waals surface area contributed by atoms with E-state index in [0.29, 0.717) is 18.8 Å². The van der Waals surface area contributed by atoms with Crippen LogP contribution in [0.3, 0.4) is 0 Å². The molecule has 1 aromatic rings. The molecule has 0 saturated carbocycles. The molecule has 0 fully saturated rings. The highest BCUT2D eigenvalue weighted by Crippen LogP contribution is 2.07. The van der Waals surface area contributed by atoms with Crippen molar-refractivity contribution in [1.82, 2.24) is 4.98 Å². The number of aromatic nitrogens is 1. The summed E-state index contributed by atoms with van der Waals surface area (Å²) in [6.07, 6.45) is 7.28. The number of ether oxygens (including phenoxy) is 2. The number of nitrogens with zero attached hydrogens (tertiary/aromatic N) is 1. The van der Waals surface area contributed by atoms with Crippen molar-refractivity contribution in [3.63, 3.8) is 0 Å². The lowest BCUT2D eigenvalue weighted by Gasteiger charge is -2.06. The maximum atomic E-state index is 11.9. The number of hydrogen-bond acceptors (Lipinski definition) is 5. The Hall–Kier alpha value is -1.91. The Balaban J connectivity index is 2.50. The molecule has 0 radical (unpaired) electrons. The fourth-order valence-corrected chi connectivity index (χ4v) is 1.86. The lowest BCUT2D eigenvalue weighted by molar-refractivity contribution is 0.0490. The van der Waals surface area contributed by atoms with Crippen LogP contribution in [0.4, 0.5) is 0 Å². The Kier molecular flexibility index (Phi) is 8.88. The highest BCUT2D eigenvalue weighted by Gasteiger charge is 2.13. The second-order valence-corrected chi connectivity index (χ2v) is 5.12. The maximum absolute atomic E-state index is 11.9. The van der Waals surface area contributed by atoms with E-state index in [0.717, 1.165) is 38.5 Å². The molecule has 22 heavy (non-hydrogen) atoms. The molecule has 1 rings (SSSR count). The molecule has 0 spiro atoms. The van der Waals surface area contributed by atoms with E-state index in [-0.39, 0.29) is 5.69 Å². The molecule has 122 valence electrons. The highest BCUT2D eigenvalue weighted by atomic mass is 16.5. The van der Waals surface area contributed by atoms with E-state index in [1.807, 2.05) is 0 Å². The first-order valence-corrected chi connectivity index (χ1v) is 7.99. The van der Waals surface area contributed by atoms with Gasteiger partial charge >= 0.3 is 11.9 Å². The standard InChI is InChI=1S/C17H25NO4/c1-3-5-7-11-21-16(19)14-9-10-18-15(13-14)17(20)22-12-8-6-4-2/h9-10,13H,3-8,11-12H2,1-2H3. The summed E-state index contributed by atoms with van der Waals surface area (Å²) in [6.45, 7) is 4.94. The Morgan fingerprint density at radius 3 is 2.14 bits per heavy atom. The van der Waals surface area contributed by atoms with E-state index < -0.39 is 11.9 Å². The smallest absolute Gasteiger partial charge is 0.356 e. The van der Waals surface area contributed by atoms with Crippen LogP contribution in [0.5, 0.6) is 0 Å². The zero-order valence-corrected chi connectivity index (χ0v) is 13.5. The predicted molar refractivity (Wildman–Crippen MR) is 83.9 cm³/mol. The summed E-state index contributed by atoms with van der Waals surface area (Å²) in [6, 6.07) is 2.96. The van der Waals surface area contributed by atoms with Gasteiger partial charge in [0.15, 0.2) is 0 Å². The van der Waals surface area contributed by atoms with Crippen LogP contribution in [0.1, 0.15) is 73.2 Å². The topological polar surface area (TPSA) is 65.5 Å². The van der Waals surface area contributed by atoms with Crippen molar-refractivity contribution >= 4 is 11.9 Å². The molecular weight excluding hydrogens is 282 g/mol. The highest BCUT2D eigenvalue weighted by molar-refractivity contribution is 5.93. The van der Waals surface area contributed by atoms with Crippen LogP contribution >= 0.6 is 0 Å². The Morgan fingerprint density at radius 1 is 0.955 bits per heavy atom. The molecule has 0 aliphatic heterocycles. The molecule has 1 heterocycles. The van der Waals surface area contributed by atoms with Crippen molar-refractivity contribution in [1.29, 1.82) is 0 Å². The van der Waals surface area contributed by atoms with E-state index in [9.17, 15) is 9.59 Å². The quantitative estimate of drug-likeness (QED) is 0.486. The van der Waals surface area contributed by atoms with Gasteiger partial charge < -0.3 is 9.47 Å². The van der Waals surface area contributed by atoms with Gasteiger partial charge in [0.05, 0.1) is 18.8 Å². The third-order valence-electron chi connectivity index (χ3n) is 3.17. The van der Waals surface area contributed by atoms with Gasteiger partial charge in [0.25, 0.3) is 0 Å². The van der Waals surface area contributed by atoms with E-state index in [1.54, 1.807) is 0 Å². The SMILES string of the molecule is CCCCCOC(=O)c1ccnc(C(=O)OCCCCC)c1. The van der Waals surface area contributed by atoms with Crippen LogP contribution in [-0.4, -0.2) is 30.1 Å². The van der Waals surface area contributed by atoms with Gasteiger partial charge in [-0.1, -0.05) is 39.5 Å². The average Bonchev–Trinajstić information content (AvgIpc) is 2.55. The van der Waals surface area contributed by atoms with E-state index in [2.05, 4.69) is 18.8 Å². The Morgan fingerprint density at radius 2 is 1.55 bits per heavy atom. The third-order valence-corrected chi connectivity index (χ3v) is 3.17. The van der Waals surface area contributed by atoms with Crippen molar-refractivity contribution < 1.29 is 19.1 Å². The van der Waals surface area contributed by atoms with Crippen LogP contribution in [-0.2, 0) is 9.47 Å². The van der Waals surface area contributed by atoms with Crippen LogP contribution < -0.4 is 0 Å². The van der Waals surface area contributed by atoms with Crippen molar-refractivity contribution in [2.24, 2.45) is 0 Å². The van der Waals surface area contributed by atoms with Gasteiger partial charge in [-0.3, -0.25) is 0 Å². The molecule has 0 aromatic carbocycles. The number of carbonyl (C=O) groups excluding carboxylic acids is 2. The molecule has 0 N–H and O–H groups in total. The molecular formula is C17H25NO4. The molecule has 5 heteroatoms. The predicted octanol–water partition coefficient (Wildman–Crippen LogP) is 3.78. The first-order valence-electron chi connectivity index (χ1n) is 7.99. The first kappa shape index (κ1) is 18.1. The number of unbranched alkanes of at least 4 members (excludes halogenated alkanes) is 4. The Labute approximate surface area is 132 Å². The monoisotopic (exact) mass is 307 g/mol. The second-order valence-electron chi connectivity index (χ2n) is 5.12. The number of esters is 2. The molecule has 5 nitrogen and oxygen atoms in total. The minimum Gasteiger partial charge on any atom is -0.462 e. The lowest BCUT2D eigenvalue weighted by Crippen LogP contribution is -2.12. The summed E-state index contributed by atoms with van der Waals surface area (Å²) in [4.78, 5) is 27.7. The molecule has 0 aliphatic rings. The molecule has 0 atom stereocenters. The molecule has 0 aliphatic carbocycles. The van der Waals surface area contributed by atoms with Crippen LogP contribution in [0, 0.1) is 0 Å². The summed E-state index contributed by atoms with van der Waals surface area (Å²) in [5.74, 6) is -0.935. The summed E-state index contributed by atoms with van der Waals surface area (Å²) >= 11 is 0. The van der Waals surface area contributed by atoms with Gasteiger partial charge in [-0.25, -0.2) is 14.6 Å². The number of rotatable bonds is 10. The van der Waals surface area contributed by atoms with Gasteiger partial charge in [-0.2, -0.15) is 0 Å². The van der Waals surface area contributed by atoms with Gasteiger partial charge in [-0.05, 0) is 25.0 Å². The fraction of sp³-hybridized carbons (Fsp3) is 0.588. The molecule has 0 amide bonds. The number of carbonyl (C=O) groups is 2. The second kappa shape index (κ2) is 10.8. The van der Waals surface area contributed by atoms with Crippen molar-refractivity contribution in [2.45, 2.75) is 52.4 Å². The largest absolute Gasteiger partial charge is 0.462 e. The molecule has 0 bridgehead atoms. The van der Waals surface area contributed by atoms with E-state index >= 15 is 0 Å². The summed E-state index contributed by atoms with van der Waals surface area (Å²) in [7, 11) is 0. The van der Waals surface area contributed by atoms with Crippen molar-refractivity contribution in [3.8, 4) is 0 Å². The number of pyridine rings is 1. The van der Waals surface area contributed by atoms with Gasteiger partial charge in [0.1, 0.15) is 5.69 Å². The fourth-order valence-electron chi connectivity index (χ4n) is 1.86.